The number of hydrogen-bond acceptors (Lipinski definition) is 2. The topological polar surface area (TPSA) is 15.3 Å². The van der Waals surface area contributed by atoms with E-state index in [2.05, 4.69) is 24.1 Å². The maximum atomic E-state index is 3.41. The van der Waals surface area contributed by atoms with Crippen LogP contribution >= 0.6 is 0 Å². The van der Waals surface area contributed by atoms with Crippen LogP contribution in [0.1, 0.15) is 52.4 Å². The predicted molar refractivity (Wildman–Crippen MR) is 67.3 cm³/mol. The van der Waals surface area contributed by atoms with Crippen molar-refractivity contribution in [1.29, 1.82) is 0 Å². The molecule has 1 fully saturated rings. The highest BCUT2D eigenvalue weighted by atomic mass is 15.2. The summed E-state index contributed by atoms with van der Waals surface area (Å²) < 4.78 is 0. The fourth-order valence-electron chi connectivity index (χ4n) is 2.52. The normalized spacial score (nSPS) is 22.4. The second-order valence-electron chi connectivity index (χ2n) is 4.68. The van der Waals surface area contributed by atoms with Gasteiger partial charge in [0.15, 0.2) is 0 Å². The lowest BCUT2D eigenvalue weighted by molar-refractivity contribution is 0.236. The molecule has 1 heterocycles. The van der Waals surface area contributed by atoms with E-state index in [0.29, 0.717) is 0 Å². The molecule has 0 saturated carbocycles. The zero-order valence-electron chi connectivity index (χ0n) is 10.6. The van der Waals surface area contributed by atoms with Gasteiger partial charge < -0.3 is 10.2 Å². The molecular formula is C13H28N2. The molecule has 0 aromatic heterocycles. The smallest absolute Gasteiger partial charge is 0.00962 e. The SMILES string of the molecule is CCCCN1CCCC1CCCNCC. The molecule has 0 aromatic carbocycles. The monoisotopic (exact) mass is 212 g/mol. The van der Waals surface area contributed by atoms with Crippen LogP contribution in [0.5, 0.6) is 0 Å². The van der Waals surface area contributed by atoms with Gasteiger partial charge in [0, 0.05) is 6.04 Å². The lowest BCUT2D eigenvalue weighted by Crippen LogP contribution is -2.31. The molecule has 90 valence electrons. The van der Waals surface area contributed by atoms with Crippen LogP contribution in [-0.2, 0) is 0 Å². The molecule has 1 atom stereocenters. The van der Waals surface area contributed by atoms with Gasteiger partial charge in [0.1, 0.15) is 0 Å². The van der Waals surface area contributed by atoms with Gasteiger partial charge >= 0.3 is 0 Å². The molecule has 2 nitrogen and oxygen atoms in total. The van der Waals surface area contributed by atoms with Crippen molar-refractivity contribution in [2.45, 2.75) is 58.4 Å². The number of rotatable bonds is 8. The van der Waals surface area contributed by atoms with Crippen molar-refractivity contribution >= 4 is 0 Å². The molecule has 1 saturated heterocycles. The molecule has 15 heavy (non-hydrogen) atoms. The average Bonchev–Trinajstić information content (AvgIpc) is 2.69. The summed E-state index contributed by atoms with van der Waals surface area (Å²) in [6.45, 7) is 9.48. The molecule has 0 amide bonds. The number of likely N-dealkylation sites (tertiary alicyclic amines) is 1. The average molecular weight is 212 g/mol. The minimum atomic E-state index is 0.898. The van der Waals surface area contributed by atoms with Crippen LogP contribution in [-0.4, -0.2) is 37.1 Å². The van der Waals surface area contributed by atoms with Crippen molar-refractivity contribution < 1.29 is 0 Å². The molecule has 2 heteroatoms. The third-order valence-electron chi connectivity index (χ3n) is 3.44. The van der Waals surface area contributed by atoms with Gasteiger partial charge in [0.2, 0.25) is 0 Å². The summed E-state index contributed by atoms with van der Waals surface area (Å²) in [5, 5.41) is 3.41. The first-order valence-corrected chi connectivity index (χ1v) is 6.83. The summed E-state index contributed by atoms with van der Waals surface area (Å²) in [6.07, 6.45) is 8.33. The number of unbranched alkanes of at least 4 members (excludes halogenated alkanes) is 1. The molecule has 0 aliphatic carbocycles. The van der Waals surface area contributed by atoms with Crippen LogP contribution in [0.25, 0.3) is 0 Å². The van der Waals surface area contributed by atoms with Gasteiger partial charge in [-0.25, -0.2) is 0 Å². The Morgan fingerprint density at radius 3 is 2.87 bits per heavy atom. The van der Waals surface area contributed by atoms with Crippen molar-refractivity contribution in [2.24, 2.45) is 0 Å². The second kappa shape index (κ2) is 8.12. The van der Waals surface area contributed by atoms with Gasteiger partial charge in [-0.05, 0) is 58.3 Å². The Morgan fingerprint density at radius 2 is 2.13 bits per heavy atom. The summed E-state index contributed by atoms with van der Waals surface area (Å²) in [4.78, 5) is 2.72. The van der Waals surface area contributed by atoms with Crippen molar-refractivity contribution in [1.82, 2.24) is 10.2 Å². The third-order valence-corrected chi connectivity index (χ3v) is 3.44. The summed E-state index contributed by atoms with van der Waals surface area (Å²) in [5.74, 6) is 0. The molecule has 0 bridgehead atoms. The van der Waals surface area contributed by atoms with Crippen molar-refractivity contribution in [3.8, 4) is 0 Å². The predicted octanol–water partition coefficient (Wildman–Crippen LogP) is 2.64. The summed E-state index contributed by atoms with van der Waals surface area (Å²) in [5.41, 5.74) is 0. The van der Waals surface area contributed by atoms with Gasteiger partial charge in [-0.15, -0.1) is 0 Å². The standard InChI is InChI=1S/C13H28N2/c1-3-5-11-15-12-7-9-13(15)8-6-10-14-4-2/h13-14H,3-12H2,1-2H3. The Balaban J connectivity index is 2.09. The highest BCUT2D eigenvalue weighted by Crippen LogP contribution is 2.21. The second-order valence-corrected chi connectivity index (χ2v) is 4.68. The molecular weight excluding hydrogens is 184 g/mol. The van der Waals surface area contributed by atoms with Crippen LogP contribution in [0.2, 0.25) is 0 Å². The minimum Gasteiger partial charge on any atom is -0.317 e. The summed E-state index contributed by atoms with van der Waals surface area (Å²) in [7, 11) is 0. The number of nitrogens with zero attached hydrogens (tertiary/aromatic N) is 1. The Morgan fingerprint density at radius 1 is 1.27 bits per heavy atom. The van der Waals surface area contributed by atoms with E-state index >= 15 is 0 Å². The lowest BCUT2D eigenvalue weighted by Gasteiger charge is -2.24. The summed E-state index contributed by atoms with van der Waals surface area (Å²) in [6, 6.07) is 0.898. The van der Waals surface area contributed by atoms with E-state index in [4.69, 9.17) is 0 Å². The highest BCUT2D eigenvalue weighted by Gasteiger charge is 2.22. The number of hydrogen-bond donors (Lipinski definition) is 1. The Bertz CT molecular complexity index is 147. The van der Waals surface area contributed by atoms with Gasteiger partial charge in [-0.2, -0.15) is 0 Å². The molecule has 1 N–H and O–H groups in total. The first-order chi connectivity index (χ1) is 7.38. The van der Waals surface area contributed by atoms with E-state index in [1.54, 1.807) is 0 Å². The molecule has 1 rings (SSSR count). The zero-order valence-corrected chi connectivity index (χ0v) is 10.6. The Kier molecular flexibility index (Phi) is 7.03. The Labute approximate surface area is 95.4 Å². The quantitative estimate of drug-likeness (QED) is 0.622. The highest BCUT2D eigenvalue weighted by molar-refractivity contribution is 4.78. The molecule has 0 aromatic rings. The number of nitrogens with one attached hydrogen (secondary N) is 1. The van der Waals surface area contributed by atoms with Gasteiger partial charge in [0.05, 0.1) is 0 Å². The maximum absolute atomic E-state index is 3.41. The molecule has 0 radical (unpaired) electrons. The van der Waals surface area contributed by atoms with Crippen LogP contribution in [0.4, 0.5) is 0 Å². The first-order valence-electron chi connectivity index (χ1n) is 6.83. The molecule has 1 aliphatic rings. The minimum absolute atomic E-state index is 0.898. The van der Waals surface area contributed by atoms with E-state index in [-0.39, 0.29) is 0 Å². The van der Waals surface area contributed by atoms with E-state index in [1.807, 2.05) is 0 Å². The van der Waals surface area contributed by atoms with Gasteiger partial charge in [-0.1, -0.05) is 20.3 Å². The maximum Gasteiger partial charge on any atom is 0.00962 e. The van der Waals surface area contributed by atoms with Gasteiger partial charge in [0.25, 0.3) is 0 Å². The van der Waals surface area contributed by atoms with Crippen LogP contribution in [0, 0.1) is 0 Å². The van der Waals surface area contributed by atoms with Crippen molar-refractivity contribution in [3.05, 3.63) is 0 Å². The van der Waals surface area contributed by atoms with Crippen molar-refractivity contribution in [2.75, 3.05) is 26.2 Å². The van der Waals surface area contributed by atoms with E-state index in [1.165, 1.54) is 58.2 Å². The third kappa shape index (κ3) is 4.98. The van der Waals surface area contributed by atoms with Crippen LogP contribution in [0.3, 0.4) is 0 Å². The lowest BCUT2D eigenvalue weighted by atomic mass is 10.1. The van der Waals surface area contributed by atoms with Crippen molar-refractivity contribution in [3.63, 3.8) is 0 Å². The van der Waals surface area contributed by atoms with Crippen LogP contribution in [0.15, 0.2) is 0 Å². The summed E-state index contributed by atoms with van der Waals surface area (Å²) >= 11 is 0. The van der Waals surface area contributed by atoms with Crippen LogP contribution < -0.4 is 5.32 Å². The van der Waals surface area contributed by atoms with E-state index < -0.39 is 0 Å². The first kappa shape index (κ1) is 13.0. The largest absolute Gasteiger partial charge is 0.317 e. The Hall–Kier alpha value is -0.0800. The molecule has 1 unspecified atom stereocenters. The molecule has 1 aliphatic heterocycles. The van der Waals surface area contributed by atoms with E-state index in [9.17, 15) is 0 Å². The van der Waals surface area contributed by atoms with E-state index in [0.717, 1.165) is 12.6 Å². The van der Waals surface area contributed by atoms with Gasteiger partial charge in [-0.3, -0.25) is 0 Å². The zero-order chi connectivity index (χ0) is 10.9. The molecule has 0 spiro atoms. The fraction of sp³-hybridized carbons (Fsp3) is 1.00. The fourth-order valence-corrected chi connectivity index (χ4v) is 2.52.